The van der Waals surface area contributed by atoms with Gasteiger partial charge in [0.05, 0.1) is 18.0 Å². The van der Waals surface area contributed by atoms with Gasteiger partial charge >= 0.3 is 0 Å². The number of fused-ring (bicyclic) bond motifs is 1. The molecule has 0 aliphatic carbocycles. The highest BCUT2D eigenvalue weighted by atomic mass is 79.9. The van der Waals surface area contributed by atoms with Crippen LogP contribution in [0, 0.1) is 0 Å². The van der Waals surface area contributed by atoms with Crippen LogP contribution in [-0.4, -0.2) is 19.5 Å². The van der Waals surface area contributed by atoms with Crippen molar-refractivity contribution in [3.63, 3.8) is 0 Å². The van der Waals surface area contributed by atoms with E-state index in [0.717, 1.165) is 4.60 Å². The maximum Gasteiger partial charge on any atom is 0.234 e. The molecule has 5 heteroatoms. The lowest BCUT2D eigenvalue weighted by atomic mass is 10.3. The molecular formula is C8H8BrN3O. The summed E-state index contributed by atoms with van der Waals surface area (Å²) in [5.41, 5.74) is 0.630. The third-order valence-electron chi connectivity index (χ3n) is 1.78. The van der Waals surface area contributed by atoms with E-state index in [2.05, 4.69) is 25.9 Å². The molecule has 13 heavy (non-hydrogen) atoms. The van der Waals surface area contributed by atoms with Gasteiger partial charge in [0.1, 0.15) is 4.60 Å². The van der Waals surface area contributed by atoms with Gasteiger partial charge in [-0.3, -0.25) is 4.40 Å². The second-order valence-electron chi connectivity index (χ2n) is 2.78. The maximum absolute atomic E-state index is 9.28. The topological polar surface area (TPSA) is 50.4 Å². The molecule has 0 aliphatic rings. The number of aromatic nitrogens is 3. The number of rotatable bonds is 1. The summed E-state index contributed by atoms with van der Waals surface area (Å²) in [5.74, 6) is 0.588. The molecular weight excluding hydrogens is 234 g/mol. The first-order chi connectivity index (χ1) is 6.18. The quantitative estimate of drug-likeness (QED) is 0.825. The Bertz CT molecular complexity index is 438. The summed E-state index contributed by atoms with van der Waals surface area (Å²) in [6.07, 6.45) is 2.94. The first-order valence-electron chi connectivity index (χ1n) is 3.86. The minimum atomic E-state index is -0.555. The lowest BCUT2D eigenvalue weighted by Crippen LogP contribution is -1.98. The Morgan fingerprint density at radius 3 is 3.08 bits per heavy atom. The van der Waals surface area contributed by atoms with E-state index in [9.17, 15) is 5.11 Å². The molecule has 0 spiro atoms. The normalized spacial score (nSPS) is 13.5. The van der Waals surface area contributed by atoms with Crippen LogP contribution in [0.2, 0.25) is 0 Å². The lowest BCUT2D eigenvalue weighted by molar-refractivity contribution is 0.194. The molecule has 0 saturated heterocycles. The van der Waals surface area contributed by atoms with Gasteiger partial charge in [-0.25, -0.2) is 9.97 Å². The highest BCUT2D eigenvalue weighted by molar-refractivity contribution is 9.10. The smallest absolute Gasteiger partial charge is 0.234 e. The Morgan fingerprint density at radius 1 is 1.62 bits per heavy atom. The van der Waals surface area contributed by atoms with Crippen LogP contribution in [0.25, 0.3) is 5.78 Å². The standard InChI is InChI=1S/C8H8BrN3O/c1-5(13)6-2-3-12-7(9)4-10-8(12)11-6/h2-5,13H,1H3. The Labute approximate surface area is 83.4 Å². The molecule has 0 amide bonds. The van der Waals surface area contributed by atoms with Crippen molar-refractivity contribution >= 4 is 21.7 Å². The number of halogens is 1. The van der Waals surface area contributed by atoms with Crippen molar-refractivity contribution < 1.29 is 5.11 Å². The molecule has 0 fully saturated rings. The molecule has 0 aliphatic heterocycles. The molecule has 1 unspecified atom stereocenters. The van der Waals surface area contributed by atoms with Crippen molar-refractivity contribution in [1.82, 2.24) is 14.4 Å². The van der Waals surface area contributed by atoms with E-state index >= 15 is 0 Å². The van der Waals surface area contributed by atoms with Crippen LogP contribution < -0.4 is 0 Å². The number of nitrogens with zero attached hydrogens (tertiary/aromatic N) is 3. The van der Waals surface area contributed by atoms with E-state index in [0.29, 0.717) is 11.5 Å². The number of hydrogen-bond donors (Lipinski definition) is 1. The second kappa shape index (κ2) is 3.08. The summed E-state index contributed by atoms with van der Waals surface area (Å²) in [6.45, 7) is 1.68. The maximum atomic E-state index is 9.28. The highest BCUT2D eigenvalue weighted by Gasteiger charge is 2.05. The van der Waals surface area contributed by atoms with Crippen molar-refractivity contribution in [2.75, 3.05) is 0 Å². The van der Waals surface area contributed by atoms with Crippen molar-refractivity contribution in [1.29, 1.82) is 0 Å². The van der Waals surface area contributed by atoms with Crippen molar-refractivity contribution in [2.24, 2.45) is 0 Å². The monoisotopic (exact) mass is 241 g/mol. The highest BCUT2D eigenvalue weighted by Crippen LogP contribution is 2.14. The number of hydrogen-bond acceptors (Lipinski definition) is 3. The summed E-state index contributed by atoms with van der Waals surface area (Å²) in [5, 5.41) is 9.28. The van der Waals surface area contributed by atoms with E-state index in [-0.39, 0.29) is 0 Å². The first kappa shape index (κ1) is 8.65. The fraction of sp³-hybridized carbons (Fsp3) is 0.250. The molecule has 4 nitrogen and oxygen atoms in total. The van der Waals surface area contributed by atoms with Gasteiger partial charge < -0.3 is 5.11 Å². The van der Waals surface area contributed by atoms with E-state index in [1.807, 2.05) is 6.20 Å². The molecule has 1 N–H and O–H groups in total. The number of aliphatic hydroxyl groups excluding tert-OH is 1. The average Bonchev–Trinajstić information content (AvgIpc) is 2.47. The molecule has 68 valence electrons. The van der Waals surface area contributed by atoms with Crippen LogP contribution >= 0.6 is 15.9 Å². The average molecular weight is 242 g/mol. The van der Waals surface area contributed by atoms with E-state index < -0.39 is 6.10 Å². The SMILES string of the molecule is CC(O)c1ccn2c(Br)cnc2n1. The molecule has 0 radical (unpaired) electrons. The van der Waals surface area contributed by atoms with Gasteiger partial charge in [-0.2, -0.15) is 0 Å². The Hall–Kier alpha value is -0.940. The zero-order valence-electron chi connectivity index (χ0n) is 6.98. The van der Waals surface area contributed by atoms with Crippen molar-refractivity contribution in [3.8, 4) is 0 Å². The zero-order valence-corrected chi connectivity index (χ0v) is 8.56. The van der Waals surface area contributed by atoms with Crippen LogP contribution in [0.5, 0.6) is 0 Å². The minimum absolute atomic E-state index is 0.555. The predicted molar refractivity (Wildman–Crippen MR) is 51.3 cm³/mol. The lowest BCUT2D eigenvalue weighted by Gasteiger charge is -2.02. The summed E-state index contributed by atoms with van der Waals surface area (Å²) in [7, 11) is 0. The van der Waals surface area contributed by atoms with Gasteiger partial charge in [0, 0.05) is 6.20 Å². The van der Waals surface area contributed by atoms with Gasteiger partial charge in [0.2, 0.25) is 5.78 Å². The van der Waals surface area contributed by atoms with Gasteiger partial charge in [-0.05, 0) is 28.9 Å². The Balaban J connectivity index is 2.63. The van der Waals surface area contributed by atoms with Crippen LogP contribution in [0.15, 0.2) is 23.1 Å². The van der Waals surface area contributed by atoms with Crippen LogP contribution in [-0.2, 0) is 0 Å². The molecule has 2 heterocycles. The second-order valence-corrected chi connectivity index (χ2v) is 3.59. The van der Waals surface area contributed by atoms with E-state index in [1.165, 1.54) is 0 Å². The molecule has 2 rings (SSSR count). The van der Waals surface area contributed by atoms with Crippen molar-refractivity contribution in [3.05, 3.63) is 28.8 Å². The molecule has 2 aromatic heterocycles. The van der Waals surface area contributed by atoms with Crippen LogP contribution in [0.3, 0.4) is 0 Å². The van der Waals surface area contributed by atoms with Crippen molar-refractivity contribution in [2.45, 2.75) is 13.0 Å². The van der Waals surface area contributed by atoms with E-state index in [1.54, 1.807) is 23.6 Å². The third kappa shape index (κ3) is 1.45. The van der Waals surface area contributed by atoms with Gasteiger partial charge in [0.15, 0.2) is 0 Å². The minimum Gasteiger partial charge on any atom is -0.387 e. The summed E-state index contributed by atoms with van der Waals surface area (Å²) >= 11 is 3.33. The molecule has 0 bridgehead atoms. The van der Waals surface area contributed by atoms with Gasteiger partial charge in [-0.1, -0.05) is 0 Å². The predicted octanol–water partition coefficient (Wildman–Crippen LogP) is 1.55. The van der Waals surface area contributed by atoms with Crippen LogP contribution in [0.1, 0.15) is 18.7 Å². The fourth-order valence-electron chi connectivity index (χ4n) is 1.09. The Kier molecular flexibility index (Phi) is 2.05. The van der Waals surface area contributed by atoms with Gasteiger partial charge in [0.25, 0.3) is 0 Å². The number of aliphatic hydroxyl groups is 1. The molecule has 0 aromatic carbocycles. The zero-order chi connectivity index (χ0) is 9.42. The Morgan fingerprint density at radius 2 is 2.38 bits per heavy atom. The molecule has 2 aromatic rings. The summed E-state index contributed by atoms with van der Waals surface area (Å²) in [6, 6.07) is 1.77. The first-order valence-corrected chi connectivity index (χ1v) is 4.65. The third-order valence-corrected chi connectivity index (χ3v) is 2.37. The number of imidazole rings is 1. The molecule has 1 atom stereocenters. The fourth-order valence-corrected chi connectivity index (χ4v) is 1.47. The molecule has 0 saturated carbocycles. The van der Waals surface area contributed by atoms with E-state index in [4.69, 9.17) is 0 Å². The van der Waals surface area contributed by atoms with Crippen LogP contribution in [0.4, 0.5) is 0 Å². The summed E-state index contributed by atoms with van der Waals surface area (Å²) < 4.78 is 2.65. The van der Waals surface area contributed by atoms with Gasteiger partial charge in [-0.15, -0.1) is 0 Å². The summed E-state index contributed by atoms with van der Waals surface area (Å²) in [4.78, 5) is 8.22. The largest absolute Gasteiger partial charge is 0.387 e.